The molecule has 2 aromatic rings. The summed E-state index contributed by atoms with van der Waals surface area (Å²) >= 11 is 3.38. The summed E-state index contributed by atoms with van der Waals surface area (Å²) < 4.78 is 27.1. The van der Waals surface area contributed by atoms with Gasteiger partial charge in [0, 0.05) is 17.6 Å². The minimum Gasteiger partial charge on any atom is -0.354 e. The Morgan fingerprint density at radius 1 is 1.16 bits per heavy atom. The number of benzene rings is 2. The molecule has 1 aliphatic heterocycles. The van der Waals surface area contributed by atoms with Crippen LogP contribution in [0, 0.1) is 0 Å². The van der Waals surface area contributed by atoms with Crippen molar-refractivity contribution in [1.29, 1.82) is 0 Å². The molecule has 10 heteroatoms. The van der Waals surface area contributed by atoms with Gasteiger partial charge in [-0.2, -0.15) is 0 Å². The average Bonchev–Trinajstić information content (AvgIpc) is 2.96. The fourth-order valence-electron chi connectivity index (χ4n) is 3.41. The summed E-state index contributed by atoms with van der Waals surface area (Å²) in [7, 11) is -4.14. The number of hydrogen-bond acceptors (Lipinski definition) is 5. The normalized spacial score (nSPS) is 15.2. The predicted octanol–water partition coefficient (Wildman–Crippen LogP) is 2.54. The Kier molecular flexibility index (Phi) is 7.35. The van der Waals surface area contributed by atoms with Crippen LogP contribution in [0.4, 0.5) is 0 Å². The van der Waals surface area contributed by atoms with Crippen LogP contribution in [0.2, 0.25) is 0 Å². The third-order valence-corrected chi connectivity index (χ3v) is 7.43. The Hall–Kier alpha value is -2.72. The summed E-state index contributed by atoms with van der Waals surface area (Å²) in [4.78, 5) is 39.7. The van der Waals surface area contributed by atoms with Crippen LogP contribution in [0.5, 0.6) is 0 Å². The van der Waals surface area contributed by atoms with Crippen LogP contribution in [0.1, 0.15) is 36.2 Å². The third-order valence-electron chi connectivity index (χ3n) is 5.15. The number of fused-ring (bicyclic) bond motifs is 1. The standard InChI is InChI=1S/C22H24BrN3O5S/c1-3-11-24-21(28)15(2)25(13-16-7-6-8-17(23)12-16)20(27)14-26-22(29)18-9-4-5-10-19(18)32(26,30)31/h4-10,12,15H,3,11,13-14H2,1-2H3,(H,24,28)/t15-/m1/s1. The lowest BCUT2D eigenvalue weighted by Crippen LogP contribution is -2.51. The van der Waals surface area contributed by atoms with Crippen LogP contribution in [0.25, 0.3) is 0 Å². The van der Waals surface area contributed by atoms with Gasteiger partial charge in [0.15, 0.2) is 0 Å². The first-order valence-corrected chi connectivity index (χ1v) is 12.4. The Labute approximate surface area is 195 Å². The number of carbonyl (C=O) groups is 3. The van der Waals surface area contributed by atoms with Crippen molar-refractivity contribution < 1.29 is 22.8 Å². The monoisotopic (exact) mass is 521 g/mol. The zero-order chi connectivity index (χ0) is 23.5. The number of hydrogen-bond donors (Lipinski definition) is 1. The van der Waals surface area contributed by atoms with Crippen molar-refractivity contribution in [3.8, 4) is 0 Å². The van der Waals surface area contributed by atoms with E-state index in [4.69, 9.17) is 0 Å². The average molecular weight is 522 g/mol. The van der Waals surface area contributed by atoms with E-state index in [1.165, 1.54) is 23.1 Å². The van der Waals surface area contributed by atoms with Crippen molar-refractivity contribution >= 4 is 43.7 Å². The van der Waals surface area contributed by atoms with Crippen molar-refractivity contribution in [1.82, 2.24) is 14.5 Å². The molecular formula is C22H24BrN3O5S. The van der Waals surface area contributed by atoms with Gasteiger partial charge in [0.1, 0.15) is 17.5 Å². The highest BCUT2D eigenvalue weighted by Crippen LogP contribution is 2.30. The molecular weight excluding hydrogens is 498 g/mol. The molecule has 0 aliphatic carbocycles. The predicted molar refractivity (Wildman–Crippen MR) is 122 cm³/mol. The zero-order valence-electron chi connectivity index (χ0n) is 17.7. The van der Waals surface area contributed by atoms with Gasteiger partial charge < -0.3 is 10.2 Å². The van der Waals surface area contributed by atoms with Crippen LogP contribution < -0.4 is 5.32 Å². The van der Waals surface area contributed by atoms with E-state index in [1.807, 2.05) is 19.1 Å². The molecule has 8 nitrogen and oxygen atoms in total. The first-order valence-electron chi connectivity index (χ1n) is 10.1. The molecule has 0 unspecified atom stereocenters. The number of carbonyl (C=O) groups excluding carboxylic acids is 3. The van der Waals surface area contributed by atoms with E-state index in [2.05, 4.69) is 21.2 Å². The van der Waals surface area contributed by atoms with E-state index < -0.39 is 34.4 Å². The fourth-order valence-corrected chi connectivity index (χ4v) is 5.38. The molecule has 0 aromatic heterocycles. The molecule has 1 N–H and O–H groups in total. The van der Waals surface area contributed by atoms with E-state index in [0.717, 1.165) is 16.5 Å². The second-order valence-electron chi connectivity index (χ2n) is 7.43. The summed E-state index contributed by atoms with van der Waals surface area (Å²) in [6, 6.07) is 12.2. The van der Waals surface area contributed by atoms with Crippen LogP contribution in [0.3, 0.4) is 0 Å². The molecule has 0 saturated carbocycles. The molecule has 0 radical (unpaired) electrons. The molecule has 3 amide bonds. The molecule has 0 bridgehead atoms. The van der Waals surface area contributed by atoms with E-state index in [-0.39, 0.29) is 22.9 Å². The lowest BCUT2D eigenvalue weighted by Gasteiger charge is -2.30. The van der Waals surface area contributed by atoms with Crippen molar-refractivity contribution in [3.05, 3.63) is 64.1 Å². The fraction of sp³-hybridized carbons (Fsp3) is 0.318. The summed E-state index contributed by atoms with van der Waals surface area (Å²) in [6.45, 7) is 3.34. The van der Waals surface area contributed by atoms with Gasteiger partial charge in [-0.1, -0.05) is 47.1 Å². The van der Waals surface area contributed by atoms with Gasteiger partial charge in [-0.25, -0.2) is 12.7 Å². The van der Waals surface area contributed by atoms with E-state index in [9.17, 15) is 22.8 Å². The lowest BCUT2D eigenvalue weighted by atomic mass is 10.1. The van der Waals surface area contributed by atoms with Gasteiger partial charge in [-0.05, 0) is 43.2 Å². The van der Waals surface area contributed by atoms with Crippen LogP contribution >= 0.6 is 15.9 Å². The Morgan fingerprint density at radius 2 is 1.88 bits per heavy atom. The van der Waals surface area contributed by atoms with Gasteiger partial charge in [-0.3, -0.25) is 14.4 Å². The highest BCUT2D eigenvalue weighted by atomic mass is 79.9. The molecule has 1 atom stereocenters. The highest BCUT2D eigenvalue weighted by Gasteiger charge is 2.43. The quantitative estimate of drug-likeness (QED) is 0.574. The molecule has 0 saturated heterocycles. The summed E-state index contributed by atoms with van der Waals surface area (Å²) in [6.07, 6.45) is 0.733. The Bertz CT molecular complexity index is 1150. The SMILES string of the molecule is CCCNC(=O)[C@@H](C)N(Cc1cccc(Br)c1)C(=O)CN1C(=O)c2ccccc2S1(=O)=O. The minimum absolute atomic E-state index is 0.0348. The maximum absolute atomic E-state index is 13.3. The first kappa shape index (κ1) is 23.9. The number of halogens is 1. The van der Waals surface area contributed by atoms with Crippen LogP contribution in [-0.4, -0.2) is 54.5 Å². The number of nitrogens with one attached hydrogen (secondary N) is 1. The smallest absolute Gasteiger partial charge is 0.269 e. The maximum atomic E-state index is 13.3. The largest absolute Gasteiger partial charge is 0.354 e. The Balaban J connectivity index is 1.88. The maximum Gasteiger partial charge on any atom is 0.269 e. The van der Waals surface area contributed by atoms with Gasteiger partial charge >= 0.3 is 0 Å². The van der Waals surface area contributed by atoms with Crippen molar-refractivity contribution in [2.75, 3.05) is 13.1 Å². The highest BCUT2D eigenvalue weighted by molar-refractivity contribution is 9.10. The Morgan fingerprint density at radius 3 is 2.53 bits per heavy atom. The second-order valence-corrected chi connectivity index (χ2v) is 10.2. The molecule has 32 heavy (non-hydrogen) atoms. The molecule has 1 aliphatic rings. The second kappa shape index (κ2) is 9.83. The molecule has 0 spiro atoms. The number of amides is 3. The minimum atomic E-state index is -4.14. The zero-order valence-corrected chi connectivity index (χ0v) is 20.1. The van der Waals surface area contributed by atoms with E-state index in [1.54, 1.807) is 25.1 Å². The van der Waals surface area contributed by atoms with Crippen molar-refractivity contribution in [2.24, 2.45) is 0 Å². The number of rotatable bonds is 8. The van der Waals surface area contributed by atoms with Crippen molar-refractivity contribution in [3.63, 3.8) is 0 Å². The van der Waals surface area contributed by atoms with Crippen LogP contribution in [0.15, 0.2) is 57.9 Å². The summed E-state index contributed by atoms with van der Waals surface area (Å²) in [5.74, 6) is -1.75. The number of nitrogens with zero attached hydrogens (tertiary/aromatic N) is 2. The molecule has 2 aromatic carbocycles. The topological polar surface area (TPSA) is 104 Å². The summed E-state index contributed by atoms with van der Waals surface area (Å²) in [5, 5.41) is 2.76. The first-order chi connectivity index (χ1) is 15.2. The molecule has 3 rings (SSSR count). The van der Waals surface area contributed by atoms with Gasteiger partial charge in [0.25, 0.3) is 15.9 Å². The molecule has 0 fully saturated rings. The van der Waals surface area contributed by atoms with E-state index >= 15 is 0 Å². The summed E-state index contributed by atoms with van der Waals surface area (Å²) in [5.41, 5.74) is 0.786. The van der Waals surface area contributed by atoms with E-state index in [0.29, 0.717) is 10.8 Å². The molecule has 170 valence electrons. The van der Waals surface area contributed by atoms with Gasteiger partial charge in [0.05, 0.1) is 5.56 Å². The van der Waals surface area contributed by atoms with Gasteiger partial charge in [0.2, 0.25) is 11.8 Å². The third kappa shape index (κ3) is 4.86. The van der Waals surface area contributed by atoms with Gasteiger partial charge in [-0.15, -0.1) is 0 Å². The molecule has 1 heterocycles. The van der Waals surface area contributed by atoms with Crippen molar-refractivity contribution in [2.45, 2.75) is 37.8 Å². The lowest BCUT2D eigenvalue weighted by molar-refractivity contribution is -0.140. The van der Waals surface area contributed by atoms with Crippen LogP contribution in [-0.2, 0) is 26.2 Å². The number of sulfonamides is 1.